The second-order valence-electron chi connectivity index (χ2n) is 5.73. The van der Waals surface area contributed by atoms with Gasteiger partial charge in [0.25, 0.3) is 0 Å². The summed E-state index contributed by atoms with van der Waals surface area (Å²) in [6.07, 6.45) is 1.12. The van der Waals surface area contributed by atoms with Gasteiger partial charge in [-0.15, -0.1) is 35.3 Å². The quantitative estimate of drug-likeness (QED) is 0.413. The standard InChI is InChI=1S/C16H21ClN4OS.HI/c1-18-16(21(2)9-11-5-6-22-10-11)19-8-15-20-13-7-12(17)3-4-14(13)23-15;/h3-4,7,11H,5-6,8-10H2,1-2H3,(H,18,19);1H. The number of guanidine groups is 1. The number of fused-ring (bicyclic) bond motifs is 1. The van der Waals surface area contributed by atoms with Crippen molar-refractivity contribution in [3.05, 3.63) is 28.2 Å². The van der Waals surface area contributed by atoms with Crippen LogP contribution in [-0.2, 0) is 11.3 Å². The van der Waals surface area contributed by atoms with Crippen LogP contribution in [0.1, 0.15) is 11.4 Å². The van der Waals surface area contributed by atoms with Crippen LogP contribution in [0.5, 0.6) is 0 Å². The molecule has 1 saturated heterocycles. The molecule has 0 amide bonds. The van der Waals surface area contributed by atoms with Crippen molar-refractivity contribution >= 4 is 63.1 Å². The summed E-state index contributed by atoms with van der Waals surface area (Å²) in [5, 5.41) is 5.13. The third kappa shape index (κ3) is 4.93. The average molecular weight is 481 g/mol. The van der Waals surface area contributed by atoms with E-state index in [1.807, 2.05) is 25.2 Å². The second-order valence-corrected chi connectivity index (χ2v) is 7.28. The summed E-state index contributed by atoms with van der Waals surface area (Å²) >= 11 is 7.69. The van der Waals surface area contributed by atoms with Crippen LogP contribution in [0.25, 0.3) is 10.2 Å². The lowest BCUT2D eigenvalue weighted by Crippen LogP contribution is -2.41. The zero-order valence-corrected chi connectivity index (χ0v) is 17.7. The molecule has 1 fully saturated rings. The van der Waals surface area contributed by atoms with Gasteiger partial charge >= 0.3 is 0 Å². The van der Waals surface area contributed by atoms with E-state index in [1.54, 1.807) is 11.3 Å². The molecule has 8 heteroatoms. The number of thiazole rings is 1. The number of hydrogen-bond donors (Lipinski definition) is 1. The van der Waals surface area contributed by atoms with Crippen molar-refractivity contribution in [2.24, 2.45) is 10.9 Å². The highest BCUT2D eigenvalue weighted by atomic mass is 127. The molecule has 0 spiro atoms. The van der Waals surface area contributed by atoms with Gasteiger partial charge in [0, 0.05) is 38.2 Å². The molecule has 0 radical (unpaired) electrons. The predicted octanol–water partition coefficient (Wildman–Crippen LogP) is 3.61. The maximum atomic E-state index is 6.01. The Kier molecular flexibility index (Phi) is 7.52. The smallest absolute Gasteiger partial charge is 0.193 e. The Morgan fingerprint density at radius 3 is 3.08 bits per heavy atom. The number of aromatic nitrogens is 1. The van der Waals surface area contributed by atoms with Crippen LogP contribution in [0.4, 0.5) is 0 Å². The molecule has 1 unspecified atom stereocenters. The van der Waals surface area contributed by atoms with Crippen molar-refractivity contribution in [3.8, 4) is 0 Å². The first-order valence-electron chi connectivity index (χ1n) is 7.70. The van der Waals surface area contributed by atoms with Gasteiger partial charge in [0.2, 0.25) is 0 Å². The van der Waals surface area contributed by atoms with Crippen LogP contribution in [0.2, 0.25) is 5.02 Å². The number of nitrogens with zero attached hydrogens (tertiary/aromatic N) is 3. The van der Waals surface area contributed by atoms with E-state index in [0.29, 0.717) is 12.5 Å². The van der Waals surface area contributed by atoms with Gasteiger partial charge in [-0.1, -0.05) is 11.6 Å². The Hall–Kier alpha value is -0.640. The normalized spacial score (nSPS) is 17.8. The van der Waals surface area contributed by atoms with E-state index in [-0.39, 0.29) is 24.0 Å². The van der Waals surface area contributed by atoms with Gasteiger partial charge < -0.3 is 15.0 Å². The van der Waals surface area contributed by atoms with Gasteiger partial charge in [-0.05, 0) is 24.6 Å². The minimum atomic E-state index is 0. The Bertz CT molecular complexity index is 702. The molecule has 1 aliphatic heterocycles. The highest BCUT2D eigenvalue weighted by molar-refractivity contribution is 14.0. The lowest BCUT2D eigenvalue weighted by molar-refractivity contribution is 0.181. The Morgan fingerprint density at radius 1 is 1.54 bits per heavy atom. The molecule has 132 valence electrons. The fraction of sp³-hybridized carbons (Fsp3) is 0.500. The van der Waals surface area contributed by atoms with Crippen LogP contribution < -0.4 is 5.32 Å². The molecule has 1 aliphatic rings. The van der Waals surface area contributed by atoms with Crippen molar-refractivity contribution in [2.45, 2.75) is 13.0 Å². The first-order valence-corrected chi connectivity index (χ1v) is 8.89. The third-order valence-corrected chi connectivity index (χ3v) is 5.19. The number of halogens is 2. The Labute approximate surface area is 168 Å². The number of aliphatic imine (C=N–C) groups is 1. The average Bonchev–Trinajstić information content (AvgIpc) is 3.16. The van der Waals surface area contributed by atoms with Crippen molar-refractivity contribution in [3.63, 3.8) is 0 Å². The fourth-order valence-corrected chi connectivity index (χ4v) is 3.82. The largest absolute Gasteiger partial charge is 0.381 e. The summed E-state index contributed by atoms with van der Waals surface area (Å²) in [4.78, 5) is 11.1. The molecule has 0 aliphatic carbocycles. The van der Waals surface area contributed by atoms with E-state index in [2.05, 4.69) is 27.2 Å². The molecule has 3 rings (SSSR count). The predicted molar refractivity (Wildman–Crippen MR) is 112 cm³/mol. The lowest BCUT2D eigenvalue weighted by Gasteiger charge is -2.24. The van der Waals surface area contributed by atoms with Gasteiger partial charge in [0.1, 0.15) is 5.01 Å². The van der Waals surface area contributed by atoms with Gasteiger partial charge in [-0.25, -0.2) is 4.98 Å². The molecule has 2 heterocycles. The maximum absolute atomic E-state index is 6.01. The number of hydrogen-bond acceptors (Lipinski definition) is 4. The molecule has 0 bridgehead atoms. The molecular formula is C16H22ClIN4OS. The molecule has 24 heavy (non-hydrogen) atoms. The summed E-state index contributed by atoms with van der Waals surface area (Å²) in [5.41, 5.74) is 0.950. The monoisotopic (exact) mass is 480 g/mol. The van der Waals surface area contributed by atoms with Crippen LogP contribution >= 0.6 is 46.9 Å². The minimum absolute atomic E-state index is 0. The molecule has 1 aromatic carbocycles. The van der Waals surface area contributed by atoms with Crippen LogP contribution in [-0.4, -0.2) is 49.7 Å². The minimum Gasteiger partial charge on any atom is -0.381 e. The number of benzene rings is 1. The molecule has 1 N–H and O–H groups in total. The Morgan fingerprint density at radius 2 is 2.38 bits per heavy atom. The SMILES string of the molecule is CN=C(NCc1nc2cc(Cl)ccc2s1)N(C)CC1CCOC1.I. The maximum Gasteiger partial charge on any atom is 0.193 e. The summed E-state index contributed by atoms with van der Waals surface area (Å²) in [7, 11) is 3.87. The van der Waals surface area contributed by atoms with E-state index in [9.17, 15) is 0 Å². The zero-order chi connectivity index (χ0) is 16.2. The van der Waals surface area contributed by atoms with Crippen LogP contribution in [0.15, 0.2) is 23.2 Å². The molecule has 2 aromatic rings. The van der Waals surface area contributed by atoms with Gasteiger partial charge in [-0.3, -0.25) is 4.99 Å². The summed E-state index contributed by atoms with van der Waals surface area (Å²) in [5.74, 6) is 1.47. The van der Waals surface area contributed by atoms with Crippen molar-refractivity contribution in [2.75, 3.05) is 33.9 Å². The highest BCUT2D eigenvalue weighted by Gasteiger charge is 2.19. The first-order chi connectivity index (χ1) is 11.2. The number of rotatable bonds is 4. The molecular weight excluding hydrogens is 459 g/mol. The highest BCUT2D eigenvalue weighted by Crippen LogP contribution is 2.24. The molecule has 5 nitrogen and oxygen atoms in total. The van der Waals surface area contributed by atoms with Gasteiger partial charge in [0.05, 0.1) is 23.4 Å². The van der Waals surface area contributed by atoms with Crippen molar-refractivity contribution in [1.82, 2.24) is 15.2 Å². The fourth-order valence-electron chi connectivity index (χ4n) is 2.76. The zero-order valence-electron chi connectivity index (χ0n) is 13.8. The molecule has 1 atom stereocenters. The number of ether oxygens (including phenoxy) is 1. The first kappa shape index (κ1) is 19.7. The van der Waals surface area contributed by atoms with E-state index in [0.717, 1.165) is 52.4 Å². The van der Waals surface area contributed by atoms with Gasteiger partial charge in [-0.2, -0.15) is 0 Å². The molecule has 0 saturated carbocycles. The van der Waals surface area contributed by atoms with Crippen molar-refractivity contribution < 1.29 is 4.74 Å². The Balaban J connectivity index is 0.00000208. The topological polar surface area (TPSA) is 49.8 Å². The summed E-state index contributed by atoms with van der Waals surface area (Å²) in [6.45, 7) is 3.34. The van der Waals surface area contributed by atoms with E-state index in [1.165, 1.54) is 0 Å². The van der Waals surface area contributed by atoms with Crippen LogP contribution in [0, 0.1) is 5.92 Å². The van der Waals surface area contributed by atoms with Gasteiger partial charge in [0.15, 0.2) is 5.96 Å². The molecule has 1 aromatic heterocycles. The van der Waals surface area contributed by atoms with E-state index < -0.39 is 0 Å². The van der Waals surface area contributed by atoms with E-state index in [4.69, 9.17) is 16.3 Å². The summed E-state index contributed by atoms with van der Waals surface area (Å²) in [6, 6.07) is 5.81. The van der Waals surface area contributed by atoms with Crippen molar-refractivity contribution in [1.29, 1.82) is 0 Å². The second kappa shape index (κ2) is 9.17. The number of nitrogens with one attached hydrogen (secondary N) is 1. The van der Waals surface area contributed by atoms with Crippen LogP contribution in [0.3, 0.4) is 0 Å². The third-order valence-electron chi connectivity index (χ3n) is 3.92. The lowest BCUT2D eigenvalue weighted by atomic mass is 10.1. The van der Waals surface area contributed by atoms with E-state index >= 15 is 0 Å². The summed E-state index contributed by atoms with van der Waals surface area (Å²) < 4.78 is 6.59.